The first-order valence-electron chi connectivity index (χ1n) is 7.53. The molecule has 0 aliphatic carbocycles. The van der Waals surface area contributed by atoms with E-state index in [1.54, 1.807) is 19.1 Å². The van der Waals surface area contributed by atoms with Gasteiger partial charge < -0.3 is 11.2 Å². The van der Waals surface area contributed by atoms with Crippen LogP contribution in [-0.4, -0.2) is 26.0 Å². The van der Waals surface area contributed by atoms with Crippen molar-refractivity contribution in [1.82, 2.24) is 14.9 Å². The van der Waals surface area contributed by atoms with E-state index in [0.29, 0.717) is 16.5 Å². The van der Waals surface area contributed by atoms with Gasteiger partial charge in [-0.15, -0.1) is 10.2 Å². The second-order valence-electron chi connectivity index (χ2n) is 5.30. The fraction of sp³-hybridized carbons (Fsp3) is 0.118. The summed E-state index contributed by atoms with van der Waals surface area (Å²) in [5.74, 6) is 5.92. The molecule has 0 aliphatic rings. The van der Waals surface area contributed by atoms with E-state index >= 15 is 0 Å². The normalized spacial score (nSPS) is 11.9. The van der Waals surface area contributed by atoms with Crippen molar-refractivity contribution in [3.8, 4) is 11.4 Å². The smallest absolute Gasteiger partial charge is 0.237 e. The number of hydrogen-bond donors (Lipinski definition) is 2. The molecule has 3 rings (SSSR count). The molecule has 6 nitrogen and oxygen atoms in total. The van der Waals surface area contributed by atoms with Gasteiger partial charge in [0.1, 0.15) is 5.82 Å². The van der Waals surface area contributed by atoms with Gasteiger partial charge in [-0.3, -0.25) is 4.79 Å². The lowest BCUT2D eigenvalue weighted by atomic mass is 10.2. The molecule has 25 heavy (non-hydrogen) atoms. The number of halogens is 1. The van der Waals surface area contributed by atoms with Crippen LogP contribution in [0, 0.1) is 5.82 Å². The van der Waals surface area contributed by atoms with Gasteiger partial charge in [0.2, 0.25) is 11.1 Å². The Kier molecular flexibility index (Phi) is 4.99. The minimum absolute atomic E-state index is 0.164. The van der Waals surface area contributed by atoms with Gasteiger partial charge in [0.05, 0.1) is 5.25 Å². The van der Waals surface area contributed by atoms with E-state index in [-0.39, 0.29) is 11.7 Å². The zero-order valence-corrected chi connectivity index (χ0v) is 14.2. The summed E-state index contributed by atoms with van der Waals surface area (Å²) in [4.78, 5) is 12.3. The van der Waals surface area contributed by atoms with Crippen molar-refractivity contribution in [3.63, 3.8) is 0 Å². The first-order chi connectivity index (χ1) is 12.0. The number of carbonyl (C=O) groups is 1. The Hall–Kier alpha value is -2.87. The van der Waals surface area contributed by atoms with Crippen molar-refractivity contribution in [3.05, 3.63) is 60.4 Å². The van der Waals surface area contributed by atoms with Gasteiger partial charge in [-0.1, -0.05) is 30.0 Å². The third-order valence-corrected chi connectivity index (χ3v) is 4.52. The number of nitrogens with two attached hydrogens (primary N) is 1. The molecule has 0 fully saturated rings. The van der Waals surface area contributed by atoms with Crippen LogP contribution < -0.4 is 11.2 Å². The molecule has 1 amide bonds. The second kappa shape index (κ2) is 7.35. The van der Waals surface area contributed by atoms with Crippen molar-refractivity contribution in [2.24, 2.45) is 0 Å². The molecule has 1 atom stereocenters. The zero-order valence-electron chi connectivity index (χ0n) is 13.4. The lowest BCUT2D eigenvalue weighted by Gasteiger charge is -2.11. The number of aromatic nitrogens is 3. The van der Waals surface area contributed by atoms with E-state index in [1.165, 1.54) is 28.6 Å². The third kappa shape index (κ3) is 3.97. The molecule has 0 radical (unpaired) electrons. The zero-order chi connectivity index (χ0) is 17.8. The highest BCUT2D eigenvalue weighted by molar-refractivity contribution is 8.00. The van der Waals surface area contributed by atoms with Gasteiger partial charge in [0.25, 0.3) is 0 Å². The molecule has 1 aromatic heterocycles. The lowest BCUT2D eigenvalue weighted by molar-refractivity contribution is -0.115. The summed E-state index contributed by atoms with van der Waals surface area (Å²) in [6, 6.07) is 15.0. The molecular weight excluding hydrogens is 341 g/mol. The highest BCUT2D eigenvalue weighted by Crippen LogP contribution is 2.25. The molecule has 3 aromatic rings. The van der Waals surface area contributed by atoms with E-state index in [4.69, 9.17) is 5.84 Å². The molecule has 2 aromatic carbocycles. The average Bonchev–Trinajstić information content (AvgIpc) is 2.97. The van der Waals surface area contributed by atoms with E-state index in [1.807, 2.05) is 30.3 Å². The monoisotopic (exact) mass is 357 g/mol. The molecule has 0 bridgehead atoms. The van der Waals surface area contributed by atoms with Gasteiger partial charge in [-0.05, 0) is 43.3 Å². The number of nitrogens with one attached hydrogen (secondary N) is 1. The fourth-order valence-corrected chi connectivity index (χ4v) is 2.90. The largest absolute Gasteiger partial charge is 0.335 e. The van der Waals surface area contributed by atoms with Crippen LogP contribution >= 0.6 is 11.8 Å². The Morgan fingerprint density at radius 2 is 1.84 bits per heavy atom. The second-order valence-corrected chi connectivity index (χ2v) is 6.61. The summed E-state index contributed by atoms with van der Waals surface area (Å²) in [6.45, 7) is 1.76. The highest BCUT2D eigenvalue weighted by Gasteiger charge is 2.20. The molecule has 8 heteroatoms. The number of thioether (sulfide) groups is 1. The Bertz CT molecular complexity index is 867. The standard InChI is InChI=1S/C17H16FN5OS/c1-11(16(24)20-14-5-3-2-4-6-14)25-17-22-21-15(23(17)19)12-7-9-13(18)10-8-12/h2-11H,19H2,1H3,(H,20,24). The number of anilines is 1. The Morgan fingerprint density at radius 3 is 2.52 bits per heavy atom. The lowest BCUT2D eigenvalue weighted by Crippen LogP contribution is -2.23. The number of hydrogen-bond acceptors (Lipinski definition) is 5. The summed E-state index contributed by atoms with van der Waals surface area (Å²) in [6.07, 6.45) is 0. The number of para-hydroxylation sites is 1. The van der Waals surface area contributed by atoms with Crippen molar-refractivity contribution in [1.29, 1.82) is 0 Å². The summed E-state index contributed by atoms with van der Waals surface area (Å²) < 4.78 is 14.3. The fourth-order valence-electron chi connectivity index (χ4n) is 2.13. The van der Waals surface area contributed by atoms with Gasteiger partial charge in [-0.2, -0.15) is 0 Å². The molecule has 0 saturated carbocycles. The summed E-state index contributed by atoms with van der Waals surface area (Å²) in [5.41, 5.74) is 1.37. The number of rotatable bonds is 5. The van der Waals surface area contributed by atoms with E-state index in [0.717, 1.165) is 5.69 Å². The minimum atomic E-state index is -0.423. The number of amides is 1. The van der Waals surface area contributed by atoms with E-state index < -0.39 is 5.25 Å². The predicted molar refractivity (Wildman–Crippen MR) is 96.0 cm³/mol. The molecule has 0 saturated heterocycles. The topological polar surface area (TPSA) is 85.8 Å². The quantitative estimate of drug-likeness (QED) is 0.542. The van der Waals surface area contributed by atoms with Crippen molar-refractivity contribution in [2.45, 2.75) is 17.3 Å². The predicted octanol–water partition coefficient (Wildman–Crippen LogP) is 2.92. The number of nitrogens with zero attached hydrogens (tertiary/aromatic N) is 3. The molecular formula is C17H16FN5OS. The molecule has 128 valence electrons. The summed E-state index contributed by atoms with van der Waals surface area (Å²) in [5, 5.41) is 10.8. The van der Waals surface area contributed by atoms with Crippen molar-refractivity contribution < 1.29 is 9.18 Å². The highest BCUT2D eigenvalue weighted by atomic mass is 32.2. The number of carbonyl (C=O) groups excluding carboxylic acids is 1. The van der Waals surface area contributed by atoms with Gasteiger partial charge in [0, 0.05) is 11.3 Å². The average molecular weight is 357 g/mol. The van der Waals surface area contributed by atoms with Crippen LogP contribution in [0.1, 0.15) is 6.92 Å². The molecule has 1 unspecified atom stereocenters. The van der Waals surface area contributed by atoms with E-state index in [9.17, 15) is 9.18 Å². The first kappa shape index (κ1) is 17.0. The van der Waals surface area contributed by atoms with Gasteiger partial charge in [0.15, 0.2) is 5.82 Å². The van der Waals surface area contributed by atoms with Crippen molar-refractivity contribution in [2.75, 3.05) is 11.2 Å². The molecule has 3 N–H and O–H groups in total. The number of benzene rings is 2. The molecule has 0 spiro atoms. The Morgan fingerprint density at radius 1 is 1.16 bits per heavy atom. The van der Waals surface area contributed by atoms with Crippen LogP contribution in [0.15, 0.2) is 59.8 Å². The SMILES string of the molecule is CC(Sc1nnc(-c2ccc(F)cc2)n1N)C(=O)Nc1ccccc1. The maximum absolute atomic E-state index is 13.0. The van der Waals surface area contributed by atoms with Crippen LogP contribution in [0.25, 0.3) is 11.4 Å². The third-order valence-electron chi connectivity index (χ3n) is 3.46. The van der Waals surface area contributed by atoms with Crippen LogP contribution in [0.4, 0.5) is 10.1 Å². The molecule has 1 heterocycles. The van der Waals surface area contributed by atoms with Crippen molar-refractivity contribution >= 4 is 23.4 Å². The van der Waals surface area contributed by atoms with Crippen LogP contribution in [0.2, 0.25) is 0 Å². The first-order valence-corrected chi connectivity index (χ1v) is 8.41. The van der Waals surface area contributed by atoms with Crippen LogP contribution in [0.3, 0.4) is 0 Å². The van der Waals surface area contributed by atoms with Crippen LogP contribution in [0.5, 0.6) is 0 Å². The maximum Gasteiger partial charge on any atom is 0.237 e. The van der Waals surface area contributed by atoms with Gasteiger partial charge in [-0.25, -0.2) is 9.07 Å². The maximum atomic E-state index is 13.0. The Balaban J connectivity index is 1.70. The van der Waals surface area contributed by atoms with Gasteiger partial charge >= 0.3 is 0 Å². The van der Waals surface area contributed by atoms with E-state index in [2.05, 4.69) is 15.5 Å². The number of nitrogen functional groups attached to an aromatic ring is 1. The summed E-state index contributed by atoms with van der Waals surface area (Å²) in [7, 11) is 0. The molecule has 0 aliphatic heterocycles. The Labute approximate surface area is 148 Å². The summed E-state index contributed by atoms with van der Waals surface area (Å²) >= 11 is 1.19. The van der Waals surface area contributed by atoms with Crippen LogP contribution in [-0.2, 0) is 4.79 Å². The minimum Gasteiger partial charge on any atom is -0.335 e.